The molecule has 1 aromatic carbocycles. The van der Waals surface area contributed by atoms with Crippen molar-refractivity contribution in [2.45, 2.75) is 18.9 Å². The molecule has 5 nitrogen and oxygen atoms in total. The number of hydrogen-bond donors (Lipinski definition) is 3. The van der Waals surface area contributed by atoms with Crippen LogP contribution in [-0.2, 0) is 10.3 Å². The minimum Gasteiger partial charge on any atom is -0.504 e. The summed E-state index contributed by atoms with van der Waals surface area (Å²) < 4.78 is 10.3. The molecule has 0 aliphatic carbocycles. The third-order valence-corrected chi connectivity index (χ3v) is 3.23. The first-order chi connectivity index (χ1) is 8.58. The molecule has 1 atom stereocenters. The molecule has 3 N–H and O–H groups in total. The van der Waals surface area contributed by atoms with Gasteiger partial charge < -0.3 is 19.7 Å². The van der Waals surface area contributed by atoms with Crippen LogP contribution >= 0.6 is 0 Å². The Morgan fingerprint density at radius 3 is 3.00 bits per heavy atom. The van der Waals surface area contributed by atoms with E-state index in [2.05, 4.69) is 5.32 Å². The summed E-state index contributed by atoms with van der Waals surface area (Å²) in [7, 11) is 1.61. The zero-order valence-electron chi connectivity index (χ0n) is 10.7. The number of phenolic OH excluding ortho intramolecular Hbond substituents is 1. The highest BCUT2D eigenvalue weighted by Gasteiger charge is 2.41. The van der Waals surface area contributed by atoms with Crippen LogP contribution in [0.25, 0.3) is 0 Å². The van der Waals surface area contributed by atoms with Gasteiger partial charge in [0, 0.05) is 19.2 Å². The molecule has 0 spiro atoms. The third kappa shape index (κ3) is 2.29. The number of methoxy groups -OCH3 is 1. The van der Waals surface area contributed by atoms with E-state index in [4.69, 9.17) is 9.47 Å². The molecule has 1 aromatic rings. The number of aromatic hydroxyl groups is 1. The first-order valence-corrected chi connectivity index (χ1v) is 5.96. The average molecular weight is 253 g/mol. The van der Waals surface area contributed by atoms with E-state index in [1.54, 1.807) is 19.2 Å². The topological polar surface area (TPSA) is 71.0 Å². The van der Waals surface area contributed by atoms with Crippen molar-refractivity contribution in [1.29, 1.82) is 0 Å². The first-order valence-electron chi connectivity index (χ1n) is 5.96. The fraction of sp³-hybridized carbons (Fsp3) is 0.538. The Morgan fingerprint density at radius 1 is 1.50 bits per heavy atom. The van der Waals surface area contributed by atoms with Gasteiger partial charge in [0.25, 0.3) is 0 Å². The van der Waals surface area contributed by atoms with Gasteiger partial charge in [-0.2, -0.15) is 0 Å². The highest BCUT2D eigenvalue weighted by Crippen LogP contribution is 2.46. The largest absolute Gasteiger partial charge is 0.504 e. The Hall–Kier alpha value is -1.30. The highest BCUT2D eigenvalue weighted by molar-refractivity contribution is 5.54. The van der Waals surface area contributed by atoms with Crippen molar-refractivity contribution in [2.24, 2.45) is 0 Å². The number of rotatable bonds is 5. The van der Waals surface area contributed by atoms with E-state index in [-0.39, 0.29) is 12.4 Å². The molecule has 100 valence electrons. The second-order valence-electron chi connectivity index (χ2n) is 4.61. The standard InChI is InChI=1S/C13H19NO4/c1-9-3-4-10(15)12-11(9)13(16,7-18-12)5-6-14-8-17-2/h3-4,14-16H,5-8H2,1-2H3/t13-/m1/s1. The Morgan fingerprint density at radius 2 is 2.28 bits per heavy atom. The number of phenols is 1. The molecule has 0 unspecified atom stereocenters. The van der Waals surface area contributed by atoms with Crippen LogP contribution in [0.15, 0.2) is 12.1 Å². The Labute approximate surface area is 106 Å². The van der Waals surface area contributed by atoms with Crippen LogP contribution in [0.1, 0.15) is 17.5 Å². The molecule has 1 heterocycles. The van der Waals surface area contributed by atoms with Gasteiger partial charge in [0.15, 0.2) is 11.5 Å². The number of hydrogen-bond acceptors (Lipinski definition) is 5. The van der Waals surface area contributed by atoms with Crippen LogP contribution in [-0.4, -0.2) is 37.2 Å². The van der Waals surface area contributed by atoms with Crippen molar-refractivity contribution in [2.75, 3.05) is 27.0 Å². The molecule has 1 aliphatic rings. The van der Waals surface area contributed by atoms with Crippen molar-refractivity contribution < 1.29 is 19.7 Å². The lowest BCUT2D eigenvalue weighted by molar-refractivity contribution is 0.00649. The van der Waals surface area contributed by atoms with E-state index in [9.17, 15) is 10.2 Å². The summed E-state index contributed by atoms with van der Waals surface area (Å²) in [6, 6.07) is 3.37. The number of nitrogens with one attached hydrogen (secondary N) is 1. The van der Waals surface area contributed by atoms with Crippen molar-refractivity contribution in [3.63, 3.8) is 0 Å². The van der Waals surface area contributed by atoms with E-state index in [1.165, 1.54) is 0 Å². The maximum Gasteiger partial charge on any atom is 0.167 e. The van der Waals surface area contributed by atoms with Gasteiger partial charge in [-0.3, -0.25) is 5.32 Å². The van der Waals surface area contributed by atoms with Crippen LogP contribution in [0.4, 0.5) is 0 Å². The summed E-state index contributed by atoms with van der Waals surface area (Å²) in [5.41, 5.74) is 0.579. The van der Waals surface area contributed by atoms with Crippen LogP contribution in [0, 0.1) is 6.92 Å². The predicted molar refractivity (Wildman–Crippen MR) is 66.7 cm³/mol. The van der Waals surface area contributed by atoms with Gasteiger partial charge in [-0.25, -0.2) is 0 Å². The van der Waals surface area contributed by atoms with E-state index in [0.29, 0.717) is 31.0 Å². The van der Waals surface area contributed by atoms with Gasteiger partial charge in [0.2, 0.25) is 0 Å². The smallest absolute Gasteiger partial charge is 0.167 e. The van der Waals surface area contributed by atoms with Crippen LogP contribution < -0.4 is 10.1 Å². The molecular weight excluding hydrogens is 234 g/mol. The molecular formula is C13H19NO4. The molecule has 0 amide bonds. The van der Waals surface area contributed by atoms with Gasteiger partial charge >= 0.3 is 0 Å². The average Bonchev–Trinajstić information content (AvgIpc) is 2.70. The van der Waals surface area contributed by atoms with Crippen molar-refractivity contribution in [1.82, 2.24) is 5.32 Å². The molecule has 0 saturated carbocycles. The van der Waals surface area contributed by atoms with Gasteiger partial charge in [-0.15, -0.1) is 0 Å². The normalized spacial score (nSPS) is 21.7. The Kier molecular flexibility index (Phi) is 3.75. The summed E-state index contributed by atoms with van der Waals surface area (Å²) >= 11 is 0. The van der Waals surface area contributed by atoms with Gasteiger partial charge in [0.05, 0.1) is 6.73 Å². The maximum atomic E-state index is 10.6. The maximum absolute atomic E-state index is 10.6. The van der Waals surface area contributed by atoms with E-state index in [1.807, 2.05) is 6.92 Å². The monoisotopic (exact) mass is 253 g/mol. The molecule has 2 rings (SSSR count). The zero-order valence-corrected chi connectivity index (χ0v) is 10.7. The van der Waals surface area contributed by atoms with E-state index in [0.717, 1.165) is 5.56 Å². The molecule has 1 aliphatic heterocycles. The lowest BCUT2D eigenvalue weighted by atomic mass is 9.89. The Balaban J connectivity index is 2.16. The highest BCUT2D eigenvalue weighted by atomic mass is 16.5. The number of benzene rings is 1. The lowest BCUT2D eigenvalue weighted by Crippen LogP contribution is -2.33. The second-order valence-corrected chi connectivity index (χ2v) is 4.61. The zero-order chi connectivity index (χ0) is 13.2. The molecule has 5 heteroatoms. The molecule has 0 aromatic heterocycles. The molecule has 0 saturated heterocycles. The van der Waals surface area contributed by atoms with Crippen LogP contribution in [0.3, 0.4) is 0 Å². The summed E-state index contributed by atoms with van der Waals surface area (Å²) in [5, 5.41) is 23.4. The van der Waals surface area contributed by atoms with Gasteiger partial charge in [-0.1, -0.05) is 6.07 Å². The van der Waals surface area contributed by atoms with E-state index >= 15 is 0 Å². The van der Waals surface area contributed by atoms with Crippen LogP contribution in [0.5, 0.6) is 11.5 Å². The summed E-state index contributed by atoms with van der Waals surface area (Å²) in [4.78, 5) is 0. The number of ether oxygens (including phenoxy) is 2. The quantitative estimate of drug-likeness (QED) is 0.536. The summed E-state index contributed by atoms with van der Waals surface area (Å²) in [6.45, 7) is 3.14. The third-order valence-electron chi connectivity index (χ3n) is 3.23. The van der Waals surface area contributed by atoms with Crippen molar-refractivity contribution in [3.05, 3.63) is 23.3 Å². The lowest BCUT2D eigenvalue weighted by Gasteiger charge is -2.22. The van der Waals surface area contributed by atoms with E-state index < -0.39 is 5.60 Å². The SMILES string of the molecule is COCNCC[C@@]1(O)COc2c(O)ccc(C)c21. The summed E-state index contributed by atoms with van der Waals surface area (Å²) in [5.74, 6) is 0.487. The van der Waals surface area contributed by atoms with Crippen molar-refractivity contribution in [3.8, 4) is 11.5 Å². The van der Waals surface area contributed by atoms with Crippen LogP contribution in [0.2, 0.25) is 0 Å². The minimum absolute atomic E-state index is 0.0800. The number of aryl methyl sites for hydroxylation is 1. The second kappa shape index (κ2) is 5.14. The molecule has 18 heavy (non-hydrogen) atoms. The molecule has 0 radical (unpaired) electrons. The minimum atomic E-state index is -1.04. The van der Waals surface area contributed by atoms with Gasteiger partial charge in [0.1, 0.15) is 12.2 Å². The Bertz CT molecular complexity index is 435. The van der Waals surface area contributed by atoms with Gasteiger partial charge in [-0.05, 0) is 25.0 Å². The fourth-order valence-corrected chi connectivity index (χ4v) is 2.32. The molecule has 0 bridgehead atoms. The predicted octanol–water partition coefficient (Wildman–Crippen LogP) is 0.864. The summed E-state index contributed by atoms with van der Waals surface area (Å²) in [6.07, 6.45) is 0.508. The first kappa shape index (κ1) is 13.1. The van der Waals surface area contributed by atoms with Crippen molar-refractivity contribution >= 4 is 0 Å². The molecule has 0 fully saturated rings. The number of aliphatic hydroxyl groups is 1. The fourth-order valence-electron chi connectivity index (χ4n) is 2.32. The number of fused-ring (bicyclic) bond motifs is 1.